The average Bonchev–Trinajstić information content (AvgIpc) is 2.34. The molecule has 0 N–H and O–H groups in total. The average molecular weight is 154 g/mol. The molecule has 0 spiro atoms. The van der Waals surface area contributed by atoms with Crippen LogP contribution in [0.25, 0.3) is 0 Å². The first-order chi connectivity index (χ1) is 4.43. The second-order valence-electron chi connectivity index (χ2n) is 1.44. The van der Waals surface area contributed by atoms with E-state index in [4.69, 9.17) is 0 Å². The second-order valence-corrected chi connectivity index (χ2v) is 2.84. The zero-order chi connectivity index (χ0) is 6.53. The van der Waals surface area contributed by atoms with E-state index in [0.717, 1.165) is 5.56 Å². The van der Waals surface area contributed by atoms with Crippen molar-refractivity contribution in [3.05, 3.63) is 22.4 Å². The first-order valence-electron chi connectivity index (χ1n) is 2.49. The van der Waals surface area contributed by atoms with Crippen LogP contribution in [0.2, 0.25) is 0 Å². The second kappa shape index (κ2) is 3.60. The number of hydrogen-bond acceptors (Lipinski definition) is 2. The normalized spacial score (nSPS) is 8.11. The molecule has 0 aliphatic heterocycles. The van der Waals surface area contributed by atoms with Crippen LogP contribution in [0, 0.1) is 11.2 Å². The van der Waals surface area contributed by atoms with E-state index in [9.17, 15) is 0 Å². The minimum absolute atomic E-state index is 1.12. The highest BCUT2D eigenvalue weighted by atomic mass is 32.2. The fraction of sp³-hybridized carbons (Fsp3) is 0.143. The molecule has 9 heavy (non-hydrogen) atoms. The van der Waals surface area contributed by atoms with Crippen molar-refractivity contribution in [2.24, 2.45) is 0 Å². The van der Waals surface area contributed by atoms with Gasteiger partial charge in [-0.05, 0) is 23.0 Å². The summed E-state index contributed by atoms with van der Waals surface area (Å²) >= 11 is 3.22. The van der Waals surface area contributed by atoms with Crippen LogP contribution in [0.3, 0.4) is 0 Å². The molecular formula is C7H6S2. The van der Waals surface area contributed by atoms with Crippen molar-refractivity contribution in [1.82, 2.24) is 0 Å². The van der Waals surface area contributed by atoms with Gasteiger partial charge in [-0.2, -0.15) is 11.3 Å². The summed E-state index contributed by atoms with van der Waals surface area (Å²) in [5.41, 5.74) is 1.12. The van der Waals surface area contributed by atoms with Crippen molar-refractivity contribution in [2.75, 3.05) is 6.26 Å². The molecule has 0 aromatic carbocycles. The Morgan fingerprint density at radius 2 is 2.56 bits per heavy atom. The number of thioether (sulfide) groups is 1. The molecule has 0 aliphatic carbocycles. The Morgan fingerprint density at radius 3 is 3.11 bits per heavy atom. The molecule has 0 atom stereocenters. The lowest BCUT2D eigenvalue weighted by atomic mass is 10.4. The van der Waals surface area contributed by atoms with Gasteiger partial charge in [-0.1, -0.05) is 17.7 Å². The molecule has 0 fully saturated rings. The molecule has 0 saturated carbocycles. The highest BCUT2D eigenvalue weighted by Crippen LogP contribution is 2.03. The molecule has 0 bridgehead atoms. The predicted octanol–water partition coefficient (Wildman–Crippen LogP) is 2.42. The summed E-state index contributed by atoms with van der Waals surface area (Å²) in [5, 5.41) is 7.00. The third-order valence-electron chi connectivity index (χ3n) is 0.819. The van der Waals surface area contributed by atoms with E-state index in [-0.39, 0.29) is 0 Å². The zero-order valence-electron chi connectivity index (χ0n) is 5.05. The van der Waals surface area contributed by atoms with Gasteiger partial charge in [0.2, 0.25) is 0 Å². The number of thiophene rings is 1. The molecule has 0 amide bonds. The van der Waals surface area contributed by atoms with Gasteiger partial charge in [-0.15, -0.1) is 0 Å². The third kappa shape index (κ3) is 2.13. The maximum Gasteiger partial charge on any atom is 0.0361 e. The summed E-state index contributed by atoms with van der Waals surface area (Å²) in [7, 11) is 0. The van der Waals surface area contributed by atoms with Crippen LogP contribution in [0.15, 0.2) is 16.8 Å². The van der Waals surface area contributed by atoms with Crippen LogP contribution in [0.5, 0.6) is 0 Å². The molecule has 1 heterocycles. The van der Waals surface area contributed by atoms with E-state index in [1.807, 2.05) is 23.1 Å². The van der Waals surface area contributed by atoms with Gasteiger partial charge in [0.15, 0.2) is 0 Å². The van der Waals surface area contributed by atoms with Crippen molar-refractivity contribution < 1.29 is 0 Å². The largest absolute Gasteiger partial charge is 0.151 e. The summed E-state index contributed by atoms with van der Waals surface area (Å²) in [6.45, 7) is 0. The van der Waals surface area contributed by atoms with Crippen molar-refractivity contribution in [3.63, 3.8) is 0 Å². The topological polar surface area (TPSA) is 0 Å². The maximum absolute atomic E-state index is 3.00. The van der Waals surface area contributed by atoms with Crippen LogP contribution >= 0.6 is 23.1 Å². The van der Waals surface area contributed by atoms with Crippen molar-refractivity contribution in [3.8, 4) is 11.2 Å². The van der Waals surface area contributed by atoms with Crippen LogP contribution in [-0.2, 0) is 0 Å². The molecule has 0 radical (unpaired) electrons. The summed E-state index contributed by atoms with van der Waals surface area (Å²) < 4.78 is 0. The van der Waals surface area contributed by atoms with E-state index >= 15 is 0 Å². The van der Waals surface area contributed by atoms with Gasteiger partial charge < -0.3 is 0 Å². The predicted molar refractivity (Wildman–Crippen MR) is 44.7 cm³/mol. The fourth-order valence-electron chi connectivity index (χ4n) is 0.446. The van der Waals surface area contributed by atoms with Gasteiger partial charge in [0.05, 0.1) is 0 Å². The molecule has 1 aromatic heterocycles. The molecule has 2 heteroatoms. The van der Waals surface area contributed by atoms with E-state index in [2.05, 4.69) is 11.2 Å². The monoisotopic (exact) mass is 154 g/mol. The van der Waals surface area contributed by atoms with Crippen LogP contribution in [0.4, 0.5) is 0 Å². The van der Waals surface area contributed by atoms with Crippen LogP contribution < -0.4 is 0 Å². The summed E-state index contributed by atoms with van der Waals surface area (Å²) in [5.74, 6) is 3.00. The van der Waals surface area contributed by atoms with E-state index in [0.29, 0.717) is 0 Å². The summed E-state index contributed by atoms with van der Waals surface area (Å²) in [6.07, 6.45) is 1.97. The third-order valence-corrected chi connectivity index (χ3v) is 1.81. The Labute approximate surface area is 63.3 Å². The molecule has 1 rings (SSSR count). The molecule has 0 unspecified atom stereocenters. The molecule has 46 valence electrons. The number of hydrogen-bond donors (Lipinski definition) is 0. The highest BCUT2D eigenvalue weighted by Gasteiger charge is 1.81. The Morgan fingerprint density at radius 1 is 1.67 bits per heavy atom. The molecule has 0 saturated heterocycles. The SMILES string of the molecule is CSC#Cc1ccsc1. The lowest BCUT2D eigenvalue weighted by molar-refractivity contribution is 1.87. The van der Waals surface area contributed by atoms with E-state index < -0.39 is 0 Å². The summed E-state index contributed by atoms with van der Waals surface area (Å²) in [6, 6.07) is 2.02. The van der Waals surface area contributed by atoms with E-state index in [1.54, 1.807) is 23.1 Å². The first kappa shape index (κ1) is 6.73. The Kier molecular flexibility index (Phi) is 2.69. The van der Waals surface area contributed by atoms with Crippen LogP contribution in [0.1, 0.15) is 5.56 Å². The Hall–Kier alpha value is -0.390. The molecule has 0 nitrogen and oxygen atoms in total. The minimum Gasteiger partial charge on any atom is -0.151 e. The van der Waals surface area contributed by atoms with Crippen molar-refractivity contribution in [2.45, 2.75) is 0 Å². The van der Waals surface area contributed by atoms with Gasteiger partial charge in [-0.3, -0.25) is 0 Å². The fourth-order valence-corrected chi connectivity index (χ4v) is 1.25. The van der Waals surface area contributed by atoms with Gasteiger partial charge in [0.1, 0.15) is 0 Å². The minimum atomic E-state index is 1.12. The zero-order valence-corrected chi connectivity index (χ0v) is 6.68. The van der Waals surface area contributed by atoms with Gasteiger partial charge in [0.25, 0.3) is 0 Å². The van der Waals surface area contributed by atoms with Crippen LogP contribution in [-0.4, -0.2) is 6.26 Å². The standard InChI is InChI=1S/C7H6S2/c1-8-4-2-7-3-5-9-6-7/h3,5-6H,1H3. The van der Waals surface area contributed by atoms with Crippen molar-refractivity contribution >= 4 is 23.1 Å². The Bertz CT molecular complexity index is 213. The smallest absolute Gasteiger partial charge is 0.0361 e. The lowest BCUT2D eigenvalue weighted by Crippen LogP contribution is -1.58. The van der Waals surface area contributed by atoms with Crippen molar-refractivity contribution in [1.29, 1.82) is 0 Å². The van der Waals surface area contributed by atoms with Gasteiger partial charge in [0, 0.05) is 10.9 Å². The quantitative estimate of drug-likeness (QED) is 0.517. The Balaban J connectivity index is 2.67. The lowest BCUT2D eigenvalue weighted by Gasteiger charge is -1.72. The summed E-state index contributed by atoms with van der Waals surface area (Å²) in [4.78, 5) is 0. The number of rotatable bonds is 0. The molecule has 1 aromatic rings. The maximum atomic E-state index is 3.00. The van der Waals surface area contributed by atoms with Gasteiger partial charge in [-0.25, -0.2) is 0 Å². The molecular weight excluding hydrogens is 148 g/mol. The van der Waals surface area contributed by atoms with Gasteiger partial charge >= 0.3 is 0 Å². The van der Waals surface area contributed by atoms with E-state index in [1.165, 1.54) is 0 Å². The molecule has 0 aliphatic rings. The highest BCUT2D eigenvalue weighted by molar-refractivity contribution is 8.03. The first-order valence-corrected chi connectivity index (χ1v) is 4.66.